The fourth-order valence-corrected chi connectivity index (χ4v) is 3.03. The van der Waals surface area contributed by atoms with Crippen molar-refractivity contribution in [3.63, 3.8) is 0 Å². The van der Waals surface area contributed by atoms with Crippen molar-refractivity contribution < 1.29 is 14.0 Å². The number of aromatic nitrogens is 2. The van der Waals surface area contributed by atoms with Crippen LogP contribution in [0, 0.1) is 3.57 Å². The van der Waals surface area contributed by atoms with Gasteiger partial charge in [-0.15, -0.1) is 0 Å². The van der Waals surface area contributed by atoms with Gasteiger partial charge in [-0.05, 0) is 40.3 Å². The van der Waals surface area contributed by atoms with Crippen LogP contribution in [0.15, 0.2) is 47.0 Å². The summed E-state index contributed by atoms with van der Waals surface area (Å²) in [5.41, 5.74) is 1.76. The lowest BCUT2D eigenvalue weighted by molar-refractivity contribution is 0.284. The number of nitrogens with zero attached hydrogens (tertiary/aromatic N) is 2. The normalized spacial score (nSPS) is 11.4. The van der Waals surface area contributed by atoms with E-state index in [4.69, 9.17) is 14.0 Å². The van der Waals surface area contributed by atoms with Crippen LogP contribution in [-0.4, -0.2) is 17.3 Å². The Kier molecular flexibility index (Phi) is 5.50. The molecule has 136 valence electrons. The Bertz CT molecular complexity index is 886. The molecule has 0 aliphatic heterocycles. The summed E-state index contributed by atoms with van der Waals surface area (Å²) in [4.78, 5) is 4.53. The predicted molar refractivity (Wildman–Crippen MR) is 108 cm³/mol. The molecule has 3 aromatic rings. The molecule has 0 bridgehead atoms. The minimum Gasteiger partial charge on any atom is -0.493 e. The molecule has 0 amide bonds. The van der Waals surface area contributed by atoms with Gasteiger partial charge in [-0.25, -0.2) is 0 Å². The lowest BCUT2D eigenvalue weighted by Gasteiger charge is -2.13. The Hall–Kier alpha value is -2.09. The first-order chi connectivity index (χ1) is 12.4. The molecule has 0 aliphatic rings. The van der Waals surface area contributed by atoms with Crippen molar-refractivity contribution in [2.75, 3.05) is 7.11 Å². The van der Waals surface area contributed by atoms with Crippen LogP contribution in [0.1, 0.15) is 32.2 Å². The second kappa shape index (κ2) is 7.65. The van der Waals surface area contributed by atoms with Gasteiger partial charge in [-0.3, -0.25) is 0 Å². The van der Waals surface area contributed by atoms with Crippen LogP contribution in [0.3, 0.4) is 0 Å². The van der Waals surface area contributed by atoms with Crippen LogP contribution >= 0.6 is 22.6 Å². The van der Waals surface area contributed by atoms with Gasteiger partial charge >= 0.3 is 0 Å². The zero-order valence-electron chi connectivity index (χ0n) is 15.2. The highest BCUT2D eigenvalue weighted by Crippen LogP contribution is 2.36. The maximum absolute atomic E-state index is 5.95. The third-order valence-corrected chi connectivity index (χ3v) is 4.69. The maximum Gasteiger partial charge on any atom is 0.232 e. The molecule has 0 N–H and O–H groups in total. The molecule has 0 saturated carbocycles. The number of ether oxygens (including phenoxy) is 2. The molecule has 2 aromatic carbocycles. The molecule has 1 heterocycles. The summed E-state index contributed by atoms with van der Waals surface area (Å²) >= 11 is 2.25. The van der Waals surface area contributed by atoms with E-state index in [0.29, 0.717) is 29.8 Å². The molecule has 0 atom stereocenters. The Morgan fingerprint density at radius 2 is 1.81 bits per heavy atom. The average Bonchev–Trinajstić information content (AvgIpc) is 3.11. The van der Waals surface area contributed by atoms with E-state index in [9.17, 15) is 0 Å². The van der Waals surface area contributed by atoms with E-state index >= 15 is 0 Å². The Balaban J connectivity index is 1.88. The summed E-state index contributed by atoms with van der Waals surface area (Å²) in [6, 6.07) is 13.8. The third kappa shape index (κ3) is 4.17. The lowest BCUT2D eigenvalue weighted by atomic mass is 9.97. The standard InChI is InChI=1S/C20H21IN2O3/c1-20(2,3)19-22-18(23-26-19)14-10-16(24-4)17(11-15(14)21)25-12-13-8-6-5-7-9-13/h5-11H,12H2,1-4H3. The van der Waals surface area contributed by atoms with Crippen molar-refractivity contribution >= 4 is 22.6 Å². The van der Waals surface area contributed by atoms with E-state index in [0.717, 1.165) is 14.7 Å². The van der Waals surface area contributed by atoms with Crippen LogP contribution in [0.25, 0.3) is 11.4 Å². The van der Waals surface area contributed by atoms with Crippen molar-refractivity contribution in [1.29, 1.82) is 0 Å². The molecule has 0 spiro atoms. The van der Waals surface area contributed by atoms with Crippen LogP contribution < -0.4 is 9.47 Å². The quantitative estimate of drug-likeness (QED) is 0.485. The van der Waals surface area contributed by atoms with E-state index in [-0.39, 0.29) is 5.41 Å². The van der Waals surface area contributed by atoms with Crippen molar-refractivity contribution in [2.45, 2.75) is 32.8 Å². The van der Waals surface area contributed by atoms with Crippen LogP contribution in [-0.2, 0) is 12.0 Å². The van der Waals surface area contributed by atoms with E-state index in [1.54, 1.807) is 7.11 Å². The van der Waals surface area contributed by atoms with Gasteiger partial charge in [-0.2, -0.15) is 4.98 Å². The van der Waals surface area contributed by atoms with Gasteiger partial charge < -0.3 is 14.0 Å². The SMILES string of the molecule is COc1cc(-c2noc(C(C)(C)C)n2)c(I)cc1OCc1ccccc1. The van der Waals surface area contributed by atoms with Crippen molar-refractivity contribution in [2.24, 2.45) is 0 Å². The zero-order valence-corrected chi connectivity index (χ0v) is 17.4. The Labute approximate surface area is 166 Å². The van der Waals surface area contributed by atoms with E-state index < -0.39 is 0 Å². The Morgan fingerprint density at radius 3 is 2.42 bits per heavy atom. The number of benzene rings is 2. The second-order valence-electron chi connectivity index (χ2n) is 6.93. The number of methoxy groups -OCH3 is 1. The molecule has 0 saturated heterocycles. The molecule has 1 aromatic heterocycles. The lowest BCUT2D eigenvalue weighted by Crippen LogP contribution is -2.11. The highest BCUT2D eigenvalue weighted by atomic mass is 127. The second-order valence-corrected chi connectivity index (χ2v) is 8.09. The largest absolute Gasteiger partial charge is 0.493 e. The average molecular weight is 464 g/mol. The molecule has 0 radical (unpaired) electrons. The molecule has 5 nitrogen and oxygen atoms in total. The molecule has 0 unspecified atom stereocenters. The first kappa shape index (κ1) is 18.7. The van der Waals surface area contributed by atoms with Crippen molar-refractivity contribution in [3.05, 3.63) is 57.5 Å². The summed E-state index contributed by atoms with van der Waals surface area (Å²) < 4.78 is 17.8. The number of rotatable bonds is 5. The summed E-state index contributed by atoms with van der Waals surface area (Å²) in [5, 5.41) is 4.13. The van der Waals surface area contributed by atoms with Gasteiger partial charge in [0.1, 0.15) is 6.61 Å². The molecular formula is C20H21IN2O3. The fraction of sp³-hybridized carbons (Fsp3) is 0.300. The topological polar surface area (TPSA) is 57.4 Å². The minimum atomic E-state index is -0.195. The zero-order chi connectivity index (χ0) is 18.7. The predicted octanol–water partition coefficient (Wildman–Crippen LogP) is 5.23. The first-order valence-electron chi connectivity index (χ1n) is 8.27. The monoisotopic (exact) mass is 464 g/mol. The summed E-state index contributed by atoms with van der Waals surface area (Å²) in [6.45, 7) is 6.59. The molecule has 26 heavy (non-hydrogen) atoms. The molecule has 0 fully saturated rings. The number of hydrogen-bond acceptors (Lipinski definition) is 5. The van der Waals surface area contributed by atoms with Gasteiger partial charge in [0, 0.05) is 14.5 Å². The van der Waals surface area contributed by atoms with Crippen molar-refractivity contribution in [1.82, 2.24) is 10.1 Å². The van der Waals surface area contributed by atoms with Gasteiger partial charge in [0.15, 0.2) is 11.5 Å². The van der Waals surface area contributed by atoms with Gasteiger partial charge in [0.25, 0.3) is 0 Å². The minimum absolute atomic E-state index is 0.195. The summed E-state index contributed by atoms with van der Waals surface area (Å²) in [6.07, 6.45) is 0. The number of hydrogen-bond donors (Lipinski definition) is 0. The van der Waals surface area contributed by atoms with E-state index in [1.807, 2.05) is 63.2 Å². The molecule has 0 aliphatic carbocycles. The maximum atomic E-state index is 5.95. The highest BCUT2D eigenvalue weighted by Gasteiger charge is 2.23. The first-order valence-corrected chi connectivity index (χ1v) is 9.35. The molecular weight excluding hydrogens is 443 g/mol. The van der Waals surface area contributed by atoms with Gasteiger partial charge in [-0.1, -0.05) is 56.3 Å². The van der Waals surface area contributed by atoms with Crippen LogP contribution in [0.4, 0.5) is 0 Å². The van der Waals surface area contributed by atoms with Crippen LogP contribution in [0.5, 0.6) is 11.5 Å². The van der Waals surface area contributed by atoms with Crippen molar-refractivity contribution in [3.8, 4) is 22.9 Å². The summed E-state index contributed by atoms with van der Waals surface area (Å²) in [5.74, 6) is 2.47. The molecule has 6 heteroatoms. The van der Waals surface area contributed by atoms with Gasteiger partial charge in [0.2, 0.25) is 11.7 Å². The van der Waals surface area contributed by atoms with Gasteiger partial charge in [0.05, 0.1) is 7.11 Å². The summed E-state index contributed by atoms with van der Waals surface area (Å²) in [7, 11) is 1.62. The smallest absolute Gasteiger partial charge is 0.232 e. The number of halogens is 1. The van der Waals surface area contributed by atoms with E-state index in [1.165, 1.54) is 0 Å². The highest BCUT2D eigenvalue weighted by molar-refractivity contribution is 14.1. The van der Waals surface area contributed by atoms with E-state index in [2.05, 4.69) is 32.7 Å². The van der Waals surface area contributed by atoms with Crippen LogP contribution in [0.2, 0.25) is 0 Å². The fourth-order valence-electron chi connectivity index (χ4n) is 2.35. The third-order valence-electron chi connectivity index (χ3n) is 3.80. The molecule has 3 rings (SSSR count). The Morgan fingerprint density at radius 1 is 1.08 bits per heavy atom.